The summed E-state index contributed by atoms with van der Waals surface area (Å²) in [7, 11) is 0. The molecule has 1 spiro atoms. The summed E-state index contributed by atoms with van der Waals surface area (Å²) < 4.78 is 0. The summed E-state index contributed by atoms with van der Waals surface area (Å²) in [6.07, 6.45) is 5.78. The lowest BCUT2D eigenvalue weighted by molar-refractivity contribution is -0.150. The zero-order chi connectivity index (χ0) is 12.5. The van der Waals surface area contributed by atoms with Gasteiger partial charge in [-0.2, -0.15) is 0 Å². The van der Waals surface area contributed by atoms with Crippen LogP contribution < -0.4 is 0 Å². The maximum Gasteiger partial charge on any atom is 0.323 e. The summed E-state index contributed by atoms with van der Waals surface area (Å²) in [5.41, 5.74) is -0.580. The molecule has 0 atom stereocenters. The van der Waals surface area contributed by atoms with Gasteiger partial charge in [-0.3, -0.25) is 19.3 Å². The lowest BCUT2D eigenvalue weighted by Gasteiger charge is -2.24. The van der Waals surface area contributed by atoms with E-state index in [0.717, 1.165) is 43.4 Å². The summed E-state index contributed by atoms with van der Waals surface area (Å²) in [5, 5.41) is 8.71. The van der Waals surface area contributed by atoms with E-state index < -0.39 is 17.9 Å². The van der Waals surface area contributed by atoms with Crippen molar-refractivity contribution >= 4 is 17.8 Å². The van der Waals surface area contributed by atoms with Gasteiger partial charge < -0.3 is 5.11 Å². The van der Waals surface area contributed by atoms with Gasteiger partial charge in [0.1, 0.15) is 6.54 Å². The van der Waals surface area contributed by atoms with E-state index >= 15 is 0 Å². The summed E-state index contributed by atoms with van der Waals surface area (Å²) >= 11 is 0. The molecule has 2 rings (SSSR count). The topological polar surface area (TPSA) is 74.7 Å². The Hall–Kier alpha value is -1.39. The highest BCUT2D eigenvalue weighted by atomic mass is 16.4. The number of hydrogen-bond donors (Lipinski definition) is 1. The Bertz CT molecular complexity index is 356. The van der Waals surface area contributed by atoms with Crippen LogP contribution in [0.25, 0.3) is 0 Å². The van der Waals surface area contributed by atoms with Crippen molar-refractivity contribution in [1.82, 2.24) is 4.90 Å². The van der Waals surface area contributed by atoms with Gasteiger partial charge in [0, 0.05) is 6.42 Å². The van der Waals surface area contributed by atoms with Crippen molar-refractivity contribution in [2.45, 2.75) is 44.9 Å². The van der Waals surface area contributed by atoms with Crippen molar-refractivity contribution in [2.75, 3.05) is 6.54 Å². The first kappa shape index (κ1) is 12.1. The quantitative estimate of drug-likeness (QED) is 0.734. The van der Waals surface area contributed by atoms with Gasteiger partial charge in [0.2, 0.25) is 11.8 Å². The van der Waals surface area contributed by atoms with Crippen molar-refractivity contribution in [1.29, 1.82) is 0 Å². The average molecular weight is 239 g/mol. The number of rotatable bonds is 2. The lowest BCUT2D eigenvalue weighted by atomic mass is 9.79. The zero-order valence-electron chi connectivity index (χ0n) is 9.78. The number of aliphatic carboxylic acids is 1. The molecule has 0 bridgehead atoms. The number of amides is 2. The summed E-state index contributed by atoms with van der Waals surface area (Å²) in [4.78, 5) is 35.5. The molecule has 0 aromatic heterocycles. The predicted molar refractivity (Wildman–Crippen MR) is 59.1 cm³/mol. The molecule has 0 unspecified atom stereocenters. The van der Waals surface area contributed by atoms with Crippen LogP contribution in [0.4, 0.5) is 0 Å². The number of imide groups is 1. The van der Waals surface area contributed by atoms with Crippen LogP contribution in [0.3, 0.4) is 0 Å². The third-order valence-electron chi connectivity index (χ3n) is 3.84. The molecular formula is C12H17NO4. The van der Waals surface area contributed by atoms with Crippen LogP contribution in [0.2, 0.25) is 0 Å². The number of nitrogens with zero attached hydrogens (tertiary/aromatic N) is 1. The maximum absolute atomic E-state index is 12.2. The second-order valence-corrected chi connectivity index (χ2v) is 5.05. The minimum Gasteiger partial charge on any atom is -0.480 e. The molecule has 94 valence electrons. The van der Waals surface area contributed by atoms with Gasteiger partial charge in [-0.25, -0.2) is 0 Å². The number of carbonyl (C=O) groups is 3. The first-order chi connectivity index (χ1) is 8.05. The van der Waals surface area contributed by atoms with E-state index in [1.165, 1.54) is 0 Å². The fourth-order valence-corrected chi connectivity index (χ4v) is 2.95. The monoisotopic (exact) mass is 239 g/mol. The Labute approximate surface area is 99.8 Å². The molecule has 0 aromatic rings. The molecule has 0 radical (unpaired) electrons. The summed E-state index contributed by atoms with van der Waals surface area (Å²) in [6, 6.07) is 0. The molecule has 2 aliphatic rings. The highest BCUT2D eigenvalue weighted by molar-refractivity contribution is 6.07. The molecule has 1 aliphatic heterocycles. The second kappa shape index (κ2) is 4.47. The molecule has 1 N–H and O–H groups in total. The molecule has 1 saturated heterocycles. The third-order valence-corrected chi connectivity index (χ3v) is 3.84. The van der Waals surface area contributed by atoms with Crippen LogP contribution >= 0.6 is 0 Å². The van der Waals surface area contributed by atoms with Gasteiger partial charge in [0.15, 0.2) is 0 Å². The maximum atomic E-state index is 12.2. The molecule has 1 heterocycles. The van der Waals surface area contributed by atoms with E-state index in [1.54, 1.807) is 0 Å². The van der Waals surface area contributed by atoms with E-state index in [2.05, 4.69) is 0 Å². The Morgan fingerprint density at radius 3 is 2.29 bits per heavy atom. The summed E-state index contributed by atoms with van der Waals surface area (Å²) in [5.74, 6) is -1.71. The van der Waals surface area contributed by atoms with Crippen molar-refractivity contribution in [2.24, 2.45) is 5.41 Å². The fraction of sp³-hybridized carbons (Fsp3) is 0.750. The molecule has 0 aromatic carbocycles. The summed E-state index contributed by atoms with van der Waals surface area (Å²) in [6.45, 7) is -0.487. The van der Waals surface area contributed by atoms with Crippen LogP contribution in [0.5, 0.6) is 0 Å². The van der Waals surface area contributed by atoms with Crippen molar-refractivity contribution in [3.63, 3.8) is 0 Å². The highest BCUT2D eigenvalue weighted by Crippen LogP contribution is 2.44. The van der Waals surface area contributed by atoms with Crippen LogP contribution in [-0.4, -0.2) is 34.3 Å². The Morgan fingerprint density at radius 2 is 1.76 bits per heavy atom. The molecule has 17 heavy (non-hydrogen) atoms. The molecular weight excluding hydrogens is 222 g/mol. The van der Waals surface area contributed by atoms with Gasteiger partial charge in [0.05, 0.1) is 5.41 Å². The van der Waals surface area contributed by atoms with Crippen molar-refractivity contribution < 1.29 is 19.5 Å². The van der Waals surface area contributed by atoms with Crippen LogP contribution in [0.1, 0.15) is 44.9 Å². The molecule has 2 amide bonds. The van der Waals surface area contributed by atoms with E-state index in [0.29, 0.717) is 0 Å². The first-order valence-corrected chi connectivity index (χ1v) is 6.12. The fourth-order valence-electron chi connectivity index (χ4n) is 2.95. The van der Waals surface area contributed by atoms with E-state index in [4.69, 9.17) is 5.11 Å². The van der Waals surface area contributed by atoms with Crippen LogP contribution in [0, 0.1) is 5.41 Å². The van der Waals surface area contributed by atoms with Crippen LogP contribution in [-0.2, 0) is 14.4 Å². The largest absolute Gasteiger partial charge is 0.480 e. The Balaban J connectivity index is 2.18. The molecule has 5 nitrogen and oxygen atoms in total. The predicted octanol–water partition coefficient (Wildman–Crippen LogP) is 1.17. The van der Waals surface area contributed by atoms with Gasteiger partial charge in [0.25, 0.3) is 0 Å². The van der Waals surface area contributed by atoms with E-state index in [1.807, 2.05) is 0 Å². The second-order valence-electron chi connectivity index (χ2n) is 5.05. The third kappa shape index (κ3) is 2.18. The normalized spacial score (nSPS) is 24.1. The van der Waals surface area contributed by atoms with Gasteiger partial charge >= 0.3 is 5.97 Å². The highest BCUT2D eigenvalue weighted by Gasteiger charge is 2.51. The van der Waals surface area contributed by atoms with Gasteiger partial charge in [-0.15, -0.1) is 0 Å². The number of carboxylic acids is 1. The van der Waals surface area contributed by atoms with Crippen molar-refractivity contribution in [3.05, 3.63) is 0 Å². The number of hydrogen-bond acceptors (Lipinski definition) is 3. The number of likely N-dealkylation sites (tertiary alicyclic amines) is 1. The average Bonchev–Trinajstić information content (AvgIpc) is 2.48. The van der Waals surface area contributed by atoms with Crippen LogP contribution in [0.15, 0.2) is 0 Å². The molecule has 5 heteroatoms. The van der Waals surface area contributed by atoms with Crippen molar-refractivity contribution in [3.8, 4) is 0 Å². The number of carbonyl (C=O) groups excluding carboxylic acids is 2. The minimum atomic E-state index is -1.13. The van der Waals surface area contributed by atoms with Gasteiger partial charge in [-0.05, 0) is 12.8 Å². The zero-order valence-corrected chi connectivity index (χ0v) is 9.78. The van der Waals surface area contributed by atoms with E-state index in [9.17, 15) is 14.4 Å². The molecule has 2 fully saturated rings. The standard InChI is InChI=1S/C12H17NO4/c14-9-7-12(5-3-1-2-4-6-12)11(17)13(9)8-10(15)16/h1-8H2,(H,15,16). The SMILES string of the molecule is O=C(O)CN1C(=O)CC2(CCCCCC2)C1=O. The Morgan fingerprint density at radius 1 is 1.18 bits per heavy atom. The molecule has 1 aliphatic carbocycles. The smallest absolute Gasteiger partial charge is 0.323 e. The number of carboxylic acid groups (broad SMARTS) is 1. The Kier molecular flexibility index (Phi) is 3.17. The molecule has 1 saturated carbocycles. The van der Waals surface area contributed by atoms with Gasteiger partial charge in [-0.1, -0.05) is 25.7 Å². The lowest BCUT2D eigenvalue weighted by Crippen LogP contribution is -2.38. The minimum absolute atomic E-state index is 0.207. The first-order valence-electron chi connectivity index (χ1n) is 6.12. The van der Waals surface area contributed by atoms with E-state index in [-0.39, 0.29) is 18.2 Å².